The van der Waals surface area contributed by atoms with E-state index in [4.69, 9.17) is 5.26 Å². The average molecular weight is 449 g/mol. The Labute approximate surface area is 180 Å². The predicted molar refractivity (Wildman–Crippen MR) is 112 cm³/mol. The van der Waals surface area contributed by atoms with Gasteiger partial charge in [-0.3, -0.25) is 0 Å². The highest BCUT2D eigenvalue weighted by Crippen LogP contribution is 2.34. The van der Waals surface area contributed by atoms with Crippen LogP contribution in [0.25, 0.3) is 10.6 Å². The summed E-state index contributed by atoms with van der Waals surface area (Å²) in [6.07, 6.45) is -1.75. The molecule has 30 heavy (non-hydrogen) atoms. The first-order valence-electron chi connectivity index (χ1n) is 9.36. The molecule has 0 aliphatic carbocycles. The molecular formula is C22H19F3N2OS2. The van der Waals surface area contributed by atoms with E-state index in [2.05, 4.69) is 11.9 Å². The highest BCUT2D eigenvalue weighted by atomic mass is 32.2. The van der Waals surface area contributed by atoms with Crippen molar-refractivity contribution >= 4 is 22.5 Å². The number of aromatic nitrogens is 1. The largest absolute Gasteiger partial charge is 0.611 e. The van der Waals surface area contributed by atoms with Crippen molar-refractivity contribution in [3.8, 4) is 16.6 Å². The number of unbranched alkanes of at least 4 members (excludes halogenated alkanes) is 1. The van der Waals surface area contributed by atoms with Gasteiger partial charge in [-0.25, -0.2) is 4.98 Å². The van der Waals surface area contributed by atoms with Gasteiger partial charge in [0, 0.05) is 5.56 Å². The molecule has 1 aromatic heterocycles. The molecule has 2 aromatic carbocycles. The van der Waals surface area contributed by atoms with Gasteiger partial charge in [-0.05, 0) is 60.4 Å². The molecule has 1 unspecified atom stereocenters. The van der Waals surface area contributed by atoms with Crippen molar-refractivity contribution < 1.29 is 17.7 Å². The highest BCUT2D eigenvalue weighted by Gasteiger charge is 2.30. The minimum atomic E-state index is -4.38. The van der Waals surface area contributed by atoms with Crippen LogP contribution in [-0.2, 0) is 29.5 Å². The van der Waals surface area contributed by atoms with Crippen LogP contribution in [0.2, 0.25) is 0 Å². The molecule has 0 spiro atoms. The maximum Gasteiger partial charge on any atom is 0.416 e. The van der Waals surface area contributed by atoms with Crippen molar-refractivity contribution in [1.29, 1.82) is 5.26 Å². The second-order valence-electron chi connectivity index (χ2n) is 6.69. The Morgan fingerprint density at radius 2 is 1.77 bits per heavy atom. The maximum atomic E-state index is 12.8. The summed E-state index contributed by atoms with van der Waals surface area (Å²) in [7, 11) is 0. The summed E-state index contributed by atoms with van der Waals surface area (Å²) in [5.41, 5.74) is 1.26. The molecule has 0 amide bonds. The molecule has 0 radical (unpaired) electrons. The first kappa shape index (κ1) is 22.3. The Morgan fingerprint density at radius 3 is 2.33 bits per heavy atom. The third-order valence-electron chi connectivity index (χ3n) is 4.51. The molecule has 3 aromatic rings. The van der Waals surface area contributed by atoms with Gasteiger partial charge in [-0.15, -0.1) is 11.3 Å². The van der Waals surface area contributed by atoms with Gasteiger partial charge in [0.05, 0.1) is 27.8 Å². The third kappa shape index (κ3) is 5.42. The summed E-state index contributed by atoms with van der Waals surface area (Å²) in [6, 6.07) is 13.6. The lowest BCUT2D eigenvalue weighted by Gasteiger charge is -2.10. The first-order chi connectivity index (χ1) is 14.3. The fourth-order valence-electron chi connectivity index (χ4n) is 2.84. The van der Waals surface area contributed by atoms with E-state index in [1.165, 1.54) is 23.5 Å². The Hall–Kier alpha value is -2.34. The Morgan fingerprint density at radius 1 is 1.10 bits per heavy atom. The lowest BCUT2D eigenvalue weighted by Crippen LogP contribution is -2.06. The van der Waals surface area contributed by atoms with Gasteiger partial charge in [0.25, 0.3) is 0 Å². The number of benzene rings is 2. The number of nitriles is 1. The van der Waals surface area contributed by atoms with Crippen molar-refractivity contribution in [2.45, 2.75) is 43.0 Å². The lowest BCUT2D eigenvalue weighted by molar-refractivity contribution is -0.137. The van der Waals surface area contributed by atoms with E-state index in [1.54, 1.807) is 24.3 Å². The molecule has 0 aliphatic rings. The van der Waals surface area contributed by atoms with Gasteiger partial charge < -0.3 is 4.55 Å². The fourth-order valence-corrected chi connectivity index (χ4v) is 5.32. The number of rotatable bonds is 7. The van der Waals surface area contributed by atoms with Crippen LogP contribution in [-0.4, -0.2) is 9.54 Å². The summed E-state index contributed by atoms with van der Waals surface area (Å²) < 4.78 is 51.3. The molecule has 0 N–H and O–H groups in total. The SMILES string of the molecule is CCCCc1nc(-c2ccc(C(F)(F)F)cc2)sc1C[S+]([O-])c1ccc(C#N)cc1. The van der Waals surface area contributed by atoms with Crippen molar-refractivity contribution in [3.05, 3.63) is 70.2 Å². The number of aryl methyl sites for hydroxylation is 1. The predicted octanol–water partition coefficient (Wildman–Crippen LogP) is 6.35. The molecule has 3 rings (SSSR count). The van der Waals surface area contributed by atoms with Crippen molar-refractivity contribution in [3.63, 3.8) is 0 Å². The lowest BCUT2D eigenvalue weighted by atomic mass is 10.1. The van der Waals surface area contributed by atoms with Crippen LogP contribution in [0.15, 0.2) is 53.4 Å². The van der Waals surface area contributed by atoms with E-state index in [9.17, 15) is 17.7 Å². The summed E-state index contributed by atoms with van der Waals surface area (Å²) in [5, 5.41) is 9.53. The van der Waals surface area contributed by atoms with Gasteiger partial charge in [0.1, 0.15) is 10.8 Å². The Kier molecular flexibility index (Phi) is 7.19. The molecule has 8 heteroatoms. The monoisotopic (exact) mass is 448 g/mol. The zero-order chi connectivity index (χ0) is 21.7. The van der Waals surface area contributed by atoms with Gasteiger partial charge in [0.15, 0.2) is 4.90 Å². The number of thiazole rings is 1. The topological polar surface area (TPSA) is 59.7 Å². The second kappa shape index (κ2) is 9.65. The number of hydrogen-bond donors (Lipinski definition) is 0. The van der Waals surface area contributed by atoms with Crippen LogP contribution in [0, 0.1) is 11.3 Å². The second-order valence-corrected chi connectivity index (χ2v) is 9.23. The first-order valence-corrected chi connectivity index (χ1v) is 11.5. The highest BCUT2D eigenvalue weighted by molar-refractivity contribution is 7.90. The number of halogens is 3. The molecule has 1 atom stereocenters. The molecule has 3 nitrogen and oxygen atoms in total. The normalized spacial score (nSPS) is 12.5. The zero-order valence-corrected chi connectivity index (χ0v) is 17.8. The molecule has 156 valence electrons. The van der Waals surface area contributed by atoms with Gasteiger partial charge in [0.2, 0.25) is 0 Å². The van der Waals surface area contributed by atoms with Crippen LogP contribution in [0.5, 0.6) is 0 Å². The smallest absolute Gasteiger partial charge is 0.416 e. The van der Waals surface area contributed by atoms with Crippen LogP contribution in [0.4, 0.5) is 13.2 Å². The van der Waals surface area contributed by atoms with Gasteiger partial charge in [-0.2, -0.15) is 18.4 Å². The van der Waals surface area contributed by atoms with Crippen LogP contribution >= 0.6 is 11.3 Å². The maximum absolute atomic E-state index is 12.8. The molecule has 0 aliphatic heterocycles. The van der Waals surface area contributed by atoms with E-state index in [0.717, 1.165) is 42.0 Å². The molecular weight excluding hydrogens is 429 g/mol. The van der Waals surface area contributed by atoms with Crippen molar-refractivity contribution in [1.82, 2.24) is 4.98 Å². The standard InChI is InChI=1S/C22H19F3N2OS2/c1-2-3-4-19-20(14-30(28)18-11-5-15(13-26)6-12-18)29-21(27-19)16-7-9-17(10-8-16)22(23,24)25/h5-12H,2-4,14H2,1H3. The van der Waals surface area contributed by atoms with Crippen LogP contribution < -0.4 is 0 Å². The van der Waals surface area contributed by atoms with Gasteiger partial charge in [-0.1, -0.05) is 25.5 Å². The van der Waals surface area contributed by atoms with Crippen LogP contribution in [0.1, 0.15) is 41.5 Å². The Balaban J connectivity index is 1.86. The molecule has 0 fully saturated rings. The van der Waals surface area contributed by atoms with E-state index in [1.807, 2.05) is 6.07 Å². The molecule has 0 saturated carbocycles. The van der Waals surface area contributed by atoms with E-state index < -0.39 is 22.9 Å². The minimum Gasteiger partial charge on any atom is -0.611 e. The van der Waals surface area contributed by atoms with Crippen LogP contribution in [0.3, 0.4) is 0 Å². The molecule has 0 bridgehead atoms. The summed E-state index contributed by atoms with van der Waals surface area (Å²) in [4.78, 5) is 6.14. The zero-order valence-electron chi connectivity index (χ0n) is 16.2. The van der Waals surface area contributed by atoms with Crippen molar-refractivity contribution in [2.24, 2.45) is 0 Å². The van der Waals surface area contributed by atoms with Crippen molar-refractivity contribution in [2.75, 3.05) is 0 Å². The number of hydrogen-bond acceptors (Lipinski definition) is 4. The Bertz CT molecular complexity index is 1020. The summed E-state index contributed by atoms with van der Waals surface area (Å²) in [5.74, 6) is 0.281. The van der Waals surface area contributed by atoms with E-state index in [-0.39, 0.29) is 5.75 Å². The fraction of sp³-hybridized carbons (Fsp3) is 0.273. The van der Waals surface area contributed by atoms with E-state index >= 15 is 0 Å². The molecule has 0 saturated heterocycles. The molecule has 1 heterocycles. The minimum absolute atomic E-state index is 0.281. The van der Waals surface area contributed by atoms with E-state index in [0.29, 0.717) is 21.0 Å². The number of nitrogens with zero attached hydrogens (tertiary/aromatic N) is 2. The van der Waals surface area contributed by atoms with Gasteiger partial charge >= 0.3 is 6.18 Å². The third-order valence-corrected chi connectivity index (χ3v) is 7.19. The summed E-state index contributed by atoms with van der Waals surface area (Å²) >= 11 is 0.0626. The summed E-state index contributed by atoms with van der Waals surface area (Å²) in [6.45, 7) is 2.07. The number of alkyl halides is 3. The quantitative estimate of drug-likeness (QED) is 0.396. The average Bonchev–Trinajstić information content (AvgIpc) is 3.14.